The number of likely N-dealkylation sites (tertiary alicyclic amines) is 1. The zero-order valence-electron chi connectivity index (χ0n) is 15.5. The van der Waals surface area contributed by atoms with Crippen LogP contribution in [0.4, 0.5) is 0 Å². The average Bonchev–Trinajstić information content (AvgIpc) is 3.32. The molecule has 0 spiro atoms. The predicted molar refractivity (Wildman–Crippen MR) is 105 cm³/mol. The third kappa shape index (κ3) is 5.21. The Hall–Kier alpha value is -1.59. The quantitative estimate of drug-likeness (QED) is 0.798. The van der Waals surface area contributed by atoms with Crippen LogP contribution in [-0.4, -0.2) is 43.4 Å². The number of hydrogen-bond acceptors (Lipinski definition) is 3. The summed E-state index contributed by atoms with van der Waals surface area (Å²) in [4.78, 5) is 26.6. The first kappa shape index (κ1) is 20.7. The summed E-state index contributed by atoms with van der Waals surface area (Å²) in [5.41, 5.74) is 1.77. The van der Waals surface area contributed by atoms with Crippen molar-refractivity contribution in [1.82, 2.24) is 15.5 Å². The van der Waals surface area contributed by atoms with Crippen LogP contribution in [-0.2, 0) is 11.3 Å². The lowest BCUT2D eigenvalue weighted by molar-refractivity contribution is -0.124. The maximum absolute atomic E-state index is 12.6. The molecule has 144 valence electrons. The van der Waals surface area contributed by atoms with Crippen molar-refractivity contribution in [2.24, 2.45) is 11.8 Å². The van der Waals surface area contributed by atoms with Crippen LogP contribution in [0.15, 0.2) is 24.3 Å². The standard InChI is InChI=1S/C20H29N3O2.ClH/c1-21-12-16-10-11-23(14-16)20(25)18-8-6-15(7-9-18)13-22-19(24)17-4-2-3-5-17;/h6-9,16-17,21H,2-5,10-14H2,1H3,(H,22,24);1H. The number of carbonyl (C=O) groups is 2. The topological polar surface area (TPSA) is 61.4 Å². The van der Waals surface area contributed by atoms with E-state index in [2.05, 4.69) is 10.6 Å². The van der Waals surface area contributed by atoms with E-state index < -0.39 is 0 Å². The number of carbonyl (C=O) groups excluding carboxylic acids is 2. The first-order valence-corrected chi connectivity index (χ1v) is 9.48. The molecule has 1 aromatic rings. The van der Waals surface area contributed by atoms with Gasteiger partial charge in [-0.3, -0.25) is 9.59 Å². The number of halogens is 1. The molecule has 5 nitrogen and oxygen atoms in total. The molecule has 6 heteroatoms. The first-order chi connectivity index (χ1) is 12.2. The second kappa shape index (κ2) is 9.93. The minimum atomic E-state index is 0. The minimum absolute atomic E-state index is 0. The Bertz CT molecular complexity index is 600. The largest absolute Gasteiger partial charge is 0.352 e. The zero-order valence-corrected chi connectivity index (χ0v) is 16.3. The monoisotopic (exact) mass is 379 g/mol. The number of rotatable bonds is 6. The summed E-state index contributed by atoms with van der Waals surface area (Å²) < 4.78 is 0. The van der Waals surface area contributed by atoms with Gasteiger partial charge in [0.2, 0.25) is 5.91 Å². The highest BCUT2D eigenvalue weighted by Crippen LogP contribution is 2.24. The zero-order chi connectivity index (χ0) is 17.6. The molecular formula is C20H30ClN3O2. The van der Waals surface area contributed by atoms with Crippen molar-refractivity contribution in [3.05, 3.63) is 35.4 Å². The molecule has 1 aliphatic heterocycles. The summed E-state index contributed by atoms with van der Waals surface area (Å²) in [6.07, 6.45) is 5.44. The highest BCUT2D eigenvalue weighted by molar-refractivity contribution is 5.94. The van der Waals surface area contributed by atoms with Gasteiger partial charge in [0.1, 0.15) is 0 Å². The predicted octanol–water partition coefficient (Wildman–Crippen LogP) is 2.60. The van der Waals surface area contributed by atoms with Crippen LogP contribution in [0.3, 0.4) is 0 Å². The van der Waals surface area contributed by atoms with Gasteiger partial charge in [-0.25, -0.2) is 0 Å². The molecule has 1 saturated heterocycles. The molecule has 1 unspecified atom stereocenters. The summed E-state index contributed by atoms with van der Waals surface area (Å²) >= 11 is 0. The van der Waals surface area contributed by atoms with Gasteiger partial charge in [0.15, 0.2) is 0 Å². The second-order valence-corrected chi connectivity index (χ2v) is 7.36. The lowest BCUT2D eigenvalue weighted by Gasteiger charge is -2.17. The van der Waals surface area contributed by atoms with Crippen LogP contribution in [0, 0.1) is 11.8 Å². The molecule has 1 atom stereocenters. The van der Waals surface area contributed by atoms with Crippen LogP contribution < -0.4 is 10.6 Å². The van der Waals surface area contributed by atoms with E-state index >= 15 is 0 Å². The first-order valence-electron chi connectivity index (χ1n) is 9.48. The van der Waals surface area contributed by atoms with E-state index in [0.717, 1.165) is 50.0 Å². The molecule has 0 bridgehead atoms. The van der Waals surface area contributed by atoms with Crippen molar-refractivity contribution in [2.75, 3.05) is 26.7 Å². The van der Waals surface area contributed by atoms with Gasteiger partial charge in [0, 0.05) is 31.1 Å². The normalized spacial score (nSPS) is 20.0. The molecule has 26 heavy (non-hydrogen) atoms. The van der Waals surface area contributed by atoms with E-state index in [9.17, 15) is 9.59 Å². The van der Waals surface area contributed by atoms with Gasteiger partial charge >= 0.3 is 0 Å². The van der Waals surface area contributed by atoms with Crippen LogP contribution in [0.1, 0.15) is 48.0 Å². The van der Waals surface area contributed by atoms with E-state index in [1.54, 1.807) is 0 Å². The van der Waals surface area contributed by atoms with Crippen LogP contribution in [0.2, 0.25) is 0 Å². The van der Waals surface area contributed by atoms with Crippen molar-refractivity contribution in [1.29, 1.82) is 0 Å². The molecule has 0 aromatic heterocycles. The van der Waals surface area contributed by atoms with Crippen molar-refractivity contribution in [3.63, 3.8) is 0 Å². The fraction of sp³-hybridized carbons (Fsp3) is 0.600. The lowest BCUT2D eigenvalue weighted by Crippen LogP contribution is -2.30. The van der Waals surface area contributed by atoms with Gasteiger partial charge in [-0.05, 0) is 56.5 Å². The molecule has 2 aliphatic rings. The van der Waals surface area contributed by atoms with E-state index in [1.165, 1.54) is 12.8 Å². The third-order valence-corrected chi connectivity index (χ3v) is 5.46. The van der Waals surface area contributed by atoms with E-state index in [4.69, 9.17) is 0 Å². The van der Waals surface area contributed by atoms with Gasteiger partial charge < -0.3 is 15.5 Å². The summed E-state index contributed by atoms with van der Waals surface area (Å²) in [7, 11) is 1.95. The Morgan fingerprint density at radius 3 is 2.46 bits per heavy atom. The molecule has 3 rings (SSSR count). The summed E-state index contributed by atoms with van der Waals surface area (Å²) in [6, 6.07) is 7.65. The van der Waals surface area contributed by atoms with Crippen molar-refractivity contribution >= 4 is 24.2 Å². The highest BCUT2D eigenvalue weighted by Gasteiger charge is 2.26. The number of nitrogens with zero attached hydrogens (tertiary/aromatic N) is 1. The van der Waals surface area contributed by atoms with Crippen molar-refractivity contribution in [3.8, 4) is 0 Å². The Labute approximate surface area is 162 Å². The number of nitrogens with one attached hydrogen (secondary N) is 2. The molecule has 2 fully saturated rings. The van der Waals surface area contributed by atoms with Gasteiger partial charge in [-0.2, -0.15) is 0 Å². The summed E-state index contributed by atoms with van der Waals surface area (Å²) in [5.74, 6) is 1.03. The van der Waals surface area contributed by atoms with E-state index in [1.807, 2.05) is 36.2 Å². The molecule has 1 saturated carbocycles. The number of amides is 2. The van der Waals surface area contributed by atoms with Gasteiger partial charge in [0.25, 0.3) is 5.91 Å². The smallest absolute Gasteiger partial charge is 0.253 e. The van der Waals surface area contributed by atoms with Crippen molar-refractivity contribution in [2.45, 2.75) is 38.6 Å². The van der Waals surface area contributed by atoms with E-state index in [-0.39, 0.29) is 30.1 Å². The van der Waals surface area contributed by atoms with Crippen LogP contribution in [0.25, 0.3) is 0 Å². The molecule has 0 radical (unpaired) electrons. The van der Waals surface area contributed by atoms with E-state index in [0.29, 0.717) is 12.5 Å². The Morgan fingerprint density at radius 1 is 1.12 bits per heavy atom. The van der Waals surface area contributed by atoms with Crippen molar-refractivity contribution < 1.29 is 9.59 Å². The SMILES string of the molecule is CNCC1CCN(C(=O)c2ccc(CNC(=O)C3CCCC3)cc2)C1.Cl. The Kier molecular flexibility index (Phi) is 7.91. The third-order valence-electron chi connectivity index (χ3n) is 5.46. The van der Waals surface area contributed by atoms with Crippen LogP contribution in [0.5, 0.6) is 0 Å². The molecule has 2 N–H and O–H groups in total. The average molecular weight is 380 g/mol. The van der Waals surface area contributed by atoms with Gasteiger partial charge in [-0.1, -0.05) is 25.0 Å². The maximum atomic E-state index is 12.6. The highest BCUT2D eigenvalue weighted by atomic mass is 35.5. The molecule has 2 amide bonds. The number of hydrogen-bond donors (Lipinski definition) is 2. The fourth-order valence-corrected chi connectivity index (χ4v) is 3.94. The fourth-order valence-electron chi connectivity index (χ4n) is 3.94. The Balaban J connectivity index is 0.00000243. The van der Waals surface area contributed by atoms with Gasteiger partial charge in [0.05, 0.1) is 0 Å². The van der Waals surface area contributed by atoms with Gasteiger partial charge in [-0.15, -0.1) is 12.4 Å². The minimum Gasteiger partial charge on any atom is -0.352 e. The molecule has 1 heterocycles. The summed E-state index contributed by atoms with van der Waals surface area (Å²) in [6.45, 7) is 3.17. The number of benzene rings is 1. The van der Waals surface area contributed by atoms with Crippen LogP contribution >= 0.6 is 12.4 Å². The molecule has 1 aliphatic carbocycles. The lowest BCUT2D eigenvalue weighted by atomic mass is 10.1. The Morgan fingerprint density at radius 2 is 1.81 bits per heavy atom. The molecular weight excluding hydrogens is 350 g/mol. The maximum Gasteiger partial charge on any atom is 0.253 e. The summed E-state index contributed by atoms with van der Waals surface area (Å²) in [5, 5.41) is 6.21. The second-order valence-electron chi connectivity index (χ2n) is 7.36. The molecule has 1 aromatic carbocycles.